The van der Waals surface area contributed by atoms with E-state index in [0.29, 0.717) is 0 Å². The molecule has 180 valence electrons. The lowest BCUT2D eigenvalue weighted by atomic mass is 9.98. The van der Waals surface area contributed by atoms with Crippen molar-refractivity contribution < 1.29 is 37.7 Å². The molecule has 0 radical (unpaired) electrons. The number of alkyl halides is 2. The van der Waals surface area contributed by atoms with Gasteiger partial charge in [-0.05, 0) is 22.3 Å². The zero-order chi connectivity index (χ0) is 24.3. The molecule has 0 aromatic heterocycles. The summed E-state index contributed by atoms with van der Waals surface area (Å²) in [4.78, 5) is 36.1. The molecule has 0 spiro atoms. The summed E-state index contributed by atoms with van der Waals surface area (Å²) in [6.07, 6.45) is -2.31. The number of halogens is 2. The lowest BCUT2D eigenvalue weighted by Gasteiger charge is -2.34. The second kappa shape index (κ2) is 9.76. The Hall–Kier alpha value is -3.53. The van der Waals surface area contributed by atoms with Crippen LogP contribution in [0.5, 0.6) is 0 Å². The number of carbonyl (C=O) groups excluding carboxylic acids is 2. The van der Waals surface area contributed by atoms with E-state index in [2.05, 4.69) is 0 Å². The van der Waals surface area contributed by atoms with Crippen LogP contribution < -0.4 is 5.32 Å². The van der Waals surface area contributed by atoms with Gasteiger partial charge in [-0.2, -0.15) is 8.78 Å². The van der Waals surface area contributed by atoms with Crippen molar-refractivity contribution in [2.75, 3.05) is 32.8 Å². The van der Waals surface area contributed by atoms with Gasteiger partial charge in [-0.15, -0.1) is 0 Å². The predicted molar refractivity (Wildman–Crippen MR) is 117 cm³/mol. The van der Waals surface area contributed by atoms with Crippen molar-refractivity contribution in [2.24, 2.45) is 0 Å². The summed E-state index contributed by atoms with van der Waals surface area (Å²) in [5.41, 5.74) is 4.05. The van der Waals surface area contributed by atoms with Gasteiger partial charge in [0.05, 0.1) is 25.7 Å². The molecule has 2 amide bonds. The number of fused-ring (bicyclic) bond motifs is 3. The topological polar surface area (TPSA) is 105 Å². The van der Waals surface area contributed by atoms with Crippen molar-refractivity contribution in [3.8, 4) is 11.1 Å². The van der Waals surface area contributed by atoms with Gasteiger partial charge in [0.1, 0.15) is 6.61 Å². The van der Waals surface area contributed by atoms with Crippen LogP contribution in [0.4, 0.5) is 13.6 Å². The fourth-order valence-electron chi connectivity index (χ4n) is 4.36. The number of alkyl carbamates (subject to hydrolysis) is 1. The van der Waals surface area contributed by atoms with E-state index in [9.17, 15) is 23.2 Å². The number of carboxylic acid groups (broad SMARTS) is 1. The molecule has 1 heterocycles. The third kappa shape index (κ3) is 5.01. The lowest BCUT2D eigenvalue weighted by Crippen LogP contribution is -2.55. The molecule has 1 unspecified atom stereocenters. The van der Waals surface area contributed by atoms with Crippen molar-refractivity contribution in [3.63, 3.8) is 0 Å². The van der Waals surface area contributed by atoms with Gasteiger partial charge >= 0.3 is 18.0 Å². The smallest absolute Gasteiger partial charge is 0.407 e. The minimum Gasteiger partial charge on any atom is -0.481 e. The van der Waals surface area contributed by atoms with E-state index < -0.39 is 43.0 Å². The number of carbonyl (C=O) groups is 3. The standard InChI is InChI=1S/C24H24F2N2O6/c25-24(26,22(31)28-9-10-33-15(12-28)11-21(29)30)14-27-23(32)34-13-20-18-7-3-1-5-16(18)17-6-2-4-8-19(17)20/h1-8,15,20H,9-14H2,(H,27,32)(H,29,30). The number of benzene rings is 2. The molecule has 1 fully saturated rings. The first-order valence-electron chi connectivity index (χ1n) is 10.9. The number of hydrogen-bond acceptors (Lipinski definition) is 5. The molecule has 0 saturated carbocycles. The molecule has 1 atom stereocenters. The Balaban J connectivity index is 1.31. The second-order valence-electron chi connectivity index (χ2n) is 8.23. The largest absolute Gasteiger partial charge is 0.481 e. The zero-order valence-corrected chi connectivity index (χ0v) is 18.2. The Kier molecular flexibility index (Phi) is 6.78. The van der Waals surface area contributed by atoms with Crippen LogP contribution >= 0.6 is 0 Å². The third-order valence-electron chi connectivity index (χ3n) is 5.94. The molecule has 10 heteroatoms. The van der Waals surface area contributed by atoms with Gasteiger partial charge in [-0.3, -0.25) is 9.59 Å². The molecule has 1 aliphatic heterocycles. The maximum absolute atomic E-state index is 14.5. The molecule has 4 rings (SSSR count). The van der Waals surface area contributed by atoms with Crippen molar-refractivity contribution >= 4 is 18.0 Å². The Morgan fingerprint density at radius 2 is 1.71 bits per heavy atom. The average Bonchev–Trinajstić information content (AvgIpc) is 3.14. The number of hydrogen-bond donors (Lipinski definition) is 2. The normalized spacial score (nSPS) is 17.6. The van der Waals surface area contributed by atoms with Gasteiger partial charge in [-0.25, -0.2) is 4.79 Å². The van der Waals surface area contributed by atoms with Crippen molar-refractivity contribution in [1.82, 2.24) is 10.2 Å². The van der Waals surface area contributed by atoms with Crippen LogP contribution in [0, 0.1) is 0 Å². The van der Waals surface area contributed by atoms with Crippen molar-refractivity contribution in [2.45, 2.75) is 24.4 Å². The van der Waals surface area contributed by atoms with E-state index in [1.807, 2.05) is 53.8 Å². The first kappa shape index (κ1) is 23.6. The van der Waals surface area contributed by atoms with Gasteiger partial charge in [0.2, 0.25) is 0 Å². The Morgan fingerprint density at radius 1 is 1.09 bits per heavy atom. The first-order valence-corrected chi connectivity index (χ1v) is 10.9. The summed E-state index contributed by atoms with van der Waals surface area (Å²) >= 11 is 0. The highest BCUT2D eigenvalue weighted by Crippen LogP contribution is 2.44. The van der Waals surface area contributed by atoms with E-state index in [0.717, 1.165) is 27.2 Å². The highest BCUT2D eigenvalue weighted by Gasteiger charge is 2.44. The van der Waals surface area contributed by atoms with E-state index in [1.165, 1.54) is 0 Å². The highest BCUT2D eigenvalue weighted by molar-refractivity contribution is 5.84. The van der Waals surface area contributed by atoms with Gasteiger partial charge in [0.25, 0.3) is 5.91 Å². The van der Waals surface area contributed by atoms with E-state index >= 15 is 0 Å². The second-order valence-corrected chi connectivity index (χ2v) is 8.23. The maximum Gasteiger partial charge on any atom is 0.407 e. The summed E-state index contributed by atoms with van der Waals surface area (Å²) in [7, 11) is 0. The van der Waals surface area contributed by atoms with Gasteiger partial charge in [0, 0.05) is 19.0 Å². The van der Waals surface area contributed by atoms with E-state index in [4.69, 9.17) is 14.6 Å². The van der Waals surface area contributed by atoms with E-state index in [-0.39, 0.29) is 32.2 Å². The molecular weight excluding hydrogens is 450 g/mol. The quantitative estimate of drug-likeness (QED) is 0.640. The van der Waals surface area contributed by atoms with E-state index in [1.54, 1.807) is 0 Å². The Morgan fingerprint density at radius 3 is 2.32 bits per heavy atom. The molecule has 0 bridgehead atoms. The molecule has 1 saturated heterocycles. The van der Waals surface area contributed by atoms with Crippen LogP contribution in [0.15, 0.2) is 48.5 Å². The first-order chi connectivity index (χ1) is 16.3. The van der Waals surface area contributed by atoms with Crippen LogP contribution in [0.2, 0.25) is 0 Å². The fraction of sp³-hybridized carbons (Fsp3) is 0.375. The summed E-state index contributed by atoms with van der Waals surface area (Å²) in [5.74, 6) is -6.75. The monoisotopic (exact) mass is 474 g/mol. The number of nitrogens with one attached hydrogen (secondary N) is 1. The lowest BCUT2D eigenvalue weighted by molar-refractivity contribution is -0.165. The third-order valence-corrected chi connectivity index (χ3v) is 5.94. The molecular formula is C24H24F2N2O6. The molecule has 2 aliphatic rings. The predicted octanol–water partition coefficient (Wildman–Crippen LogP) is 2.86. The average molecular weight is 474 g/mol. The summed E-state index contributed by atoms with van der Waals surface area (Å²) in [6.45, 7) is -1.66. The molecule has 8 nitrogen and oxygen atoms in total. The molecule has 1 aliphatic carbocycles. The fourth-order valence-corrected chi connectivity index (χ4v) is 4.36. The summed E-state index contributed by atoms with van der Waals surface area (Å²) < 4.78 is 39.4. The van der Waals surface area contributed by atoms with Gasteiger partial charge < -0.3 is 24.8 Å². The van der Waals surface area contributed by atoms with Crippen LogP contribution in [0.3, 0.4) is 0 Å². The van der Waals surface area contributed by atoms with Crippen LogP contribution in [-0.4, -0.2) is 72.9 Å². The van der Waals surface area contributed by atoms with Gasteiger partial charge in [0.15, 0.2) is 0 Å². The number of aliphatic carboxylic acids is 1. The number of ether oxygens (including phenoxy) is 2. The van der Waals surface area contributed by atoms with Crippen molar-refractivity contribution in [3.05, 3.63) is 59.7 Å². The van der Waals surface area contributed by atoms with Crippen LogP contribution in [0.1, 0.15) is 23.5 Å². The number of amides is 2. The minimum atomic E-state index is -3.88. The maximum atomic E-state index is 14.5. The molecule has 2 aromatic carbocycles. The summed E-state index contributed by atoms with van der Waals surface area (Å²) in [5, 5.41) is 10.8. The minimum absolute atomic E-state index is 0.0420. The van der Waals surface area contributed by atoms with Crippen molar-refractivity contribution in [1.29, 1.82) is 0 Å². The molecule has 34 heavy (non-hydrogen) atoms. The number of carboxylic acids is 1. The van der Waals surface area contributed by atoms with Gasteiger partial charge in [-0.1, -0.05) is 48.5 Å². The molecule has 2 aromatic rings. The Labute approximate surface area is 194 Å². The number of rotatable bonds is 7. The Bertz CT molecular complexity index is 1050. The number of morpholine rings is 1. The number of nitrogens with zero attached hydrogens (tertiary/aromatic N) is 1. The van der Waals surface area contributed by atoms with Crippen LogP contribution in [0.25, 0.3) is 11.1 Å². The van der Waals surface area contributed by atoms with Crippen LogP contribution in [-0.2, 0) is 19.1 Å². The highest BCUT2D eigenvalue weighted by atomic mass is 19.3. The molecule has 2 N–H and O–H groups in total. The summed E-state index contributed by atoms with van der Waals surface area (Å²) in [6, 6.07) is 15.4. The zero-order valence-electron chi connectivity index (χ0n) is 18.2. The SMILES string of the molecule is O=C(O)CC1CN(C(=O)C(F)(F)CNC(=O)OCC2c3ccccc3-c3ccccc32)CCO1.